The molecule has 0 radical (unpaired) electrons. The van der Waals surface area contributed by atoms with Crippen LogP contribution in [0.15, 0.2) is 47.6 Å². The fourth-order valence-corrected chi connectivity index (χ4v) is 3.34. The number of hydrogen-bond donors (Lipinski definition) is 2. The summed E-state index contributed by atoms with van der Waals surface area (Å²) in [6, 6.07) is 13.4. The molecule has 8 heteroatoms. The van der Waals surface area contributed by atoms with Gasteiger partial charge < -0.3 is 19.5 Å². The summed E-state index contributed by atoms with van der Waals surface area (Å²) in [6.07, 6.45) is 0. The molecular formula is C23H30N4O4. The number of benzene rings is 2. The van der Waals surface area contributed by atoms with E-state index < -0.39 is 0 Å². The average Bonchev–Trinajstić information content (AvgIpc) is 2.82. The number of morpholine rings is 1. The minimum absolute atomic E-state index is 0.0854. The molecule has 1 heterocycles. The number of hydrazone groups is 1. The van der Waals surface area contributed by atoms with Crippen molar-refractivity contribution in [1.82, 2.24) is 10.3 Å². The highest BCUT2D eigenvalue weighted by molar-refractivity contribution is 5.99. The molecule has 0 unspecified atom stereocenters. The van der Waals surface area contributed by atoms with E-state index in [9.17, 15) is 4.79 Å². The molecule has 2 N–H and O–H groups in total. The van der Waals surface area contributed by atoms with Crippen LogP contribution in [-0.2, 0) is 16.1 Å². The Labute approximate surface area is 183 Å². The maximum Gasteiger partial charge on any atom is 0.259 e. The molecule has 0 bridgehead atoms. The Bertz CT molecular complexity index is 910. The topological polar surface area (TPSA) is 84.4 Å². The number of methoxy groups -OCH3 is 2. The zero-order chi connectivity index (χ0) is 22.1. The largest absolute Gasteiger partial charge is 0.496 e. The molecule has 0 atom stereocenters. The lowest BCUT2D eigenvalue weighted by Gasteiger charge is -2.27. The van der Waals surface area contributed by atoms with Crippen LogP contribution in [0.3, 0.4) is 0 Å². The van der Waals surface area contributed by atoms with Crippen molar-refractivity contribution in [2.75, 3.05) is 52.4 Å². The number of rotatable bonds is 9. The minimum Gasteiger partial charge on any atom is -0.496 e. The fourth-order valence-electron chi connectivity index (χ4n) is 3.34. The lowest BCUT2D eigenvalue weighted by molar-refractivity contribution is -0.119. The van der Waals surface area contributed by atoms with Crippen molar-refractivity contribution in [2.45, 2.75) is 13.5 Å². The molecule has 166 valence electrons. The maximum atomic E-state index is 12.2. The van der Waals surface area contributed by atoms with Gasteiger partial charge in [-0.3, -0.25) is 9.69 Å². The van der Waals surface area contributed by atoms with Gasteiger partial charge in [0.15, 0.2) is 0 Å². The Morgan fingerprint density at radius 1 is 1.10 bits per heavy atom. The van der Waals surface area contributed by atoms with Crippen LogP contribution in [0.1, 0.15) is 18.1 Å². The monoisotopic (exact) mass is 426 g/mol. The predicted octanol–water partition coefficient (Wildman–Crippen LogP) is 2.49. The molecule has 31 heavy (non-hydrogen) atoms. The molecule has 2 aromatic carbocycles. The first-order valence-electron chi connectivity index (χ1n) is 10.3. The van der Waals surface area contributed by atoms with E-state index in [1.54, 1.807) is 14.2 Å². The second kappa shape index (κ2) is 11.3. The van der Waals surface area contributed by atoms with Crippen molar-refractivity contribution in [3.8, 4) is 11.5 Å². The van der Waals surface area contributed by atoms with E-state index in [1.165, 1.54) is 0 Å². The Morgan fingerprint density at radius 3 is 2.58 bits per heavy atom. The Morgan fingerprint density at radius 2 is 1.84 bits per heavy atom. The quantitative estimate of drug-likeness (QED) is 0.473. The van der Waals surface area contributed by atoms with E-state index in [2.05, 4.69) is 26.8 Å². The van der Waals surface area contributed by atoms with Crippen molar-refractivity contribution < 1.29 is 19.0 Å². The number of amides is 1. The summed E-state index contributed by atoms with van der Waals surface area (Å²) < 4.78 is 16.2. The number of carbonyl (C=O) groups excluding carboxylic acids is 1. The molecular weight excluding hydrogens is 396 g/mol. The second-order valence-electron chi connectivity index (χ2n) is 7.20. The minimum atomic E-state index is -0.243. The third-order valence-corrected chi connectivity index (χ3v) is 5.09. The Hall–Kier alpha value is -3.10. The lowest BCUT2D eigenvalue weighted by Crippen LogP contribution is -2.35. The summed E-state index contributed by atoms with van der Waals surface area (Å²) in [5.41, 5.74) is 6.09. The first-order chi connectivity index (χ1) is 15.1. The highest BCUT2D eigenvalue weighted by Crippen LogP contribution is 2.23. The van der Waals surface area contributed by atoms with Crippen molar-refractivity contribution in [2.24, 2.45) is 5.10 Å². The van der Waals surface area contributed by atoms with Crippen molar-refractivity contribution in [1.29, 1.82) is 0 Å². The highest BCUT2D eigenvalue weighted by Gasteiger charge is 2.14. The molecule has 8 nitrogen and oxygen atoms in total. The zero-order valence-electron chi connectivity index (χ0n) is 18.3. The van der Waals surface area contributed by atoms with Gasteiger partial charge >= 0.3 is 0 Å². The van der Waals surface area contributed by atoms with Gasteiger partial charge in [-0.1, -0.05) is 12.1 Å². The van der Waals surface area contributed by atoms with E-state index in [4.69, 9.17) is 14.2 Å². The Kier molecular flexibility index (Phi) is 8.26. The van der Waals surface area contributed by atoms with Gasteiger partial charge in [-0.15, -0.1) is 0 Å². The van der Waals surface area contributed by atoms with Crippen LogP contribution in [0.5, 0.6) is 11.5 Å². The van der Waals surface area contributed by atoms with Crippen LogP contribution in [0, 0.1) is 0 Å². The third kappa shape index (κ3) is 6.44. The molecule has 3 rings (SSSR count). The molecule has 1 saturated heterocycles. The molecule has 1 fully saturated rings. The van der Waals surface area contributed by atoms with E-state index >= 15 is 0 Å². The smallest absolute Gasteiger partial charge is 0.259 e. The molecule has 1 amide bonds. The molecule has 0 aromatic heterocycles. The number of anilines is 1. The van der Waals surface area contributed by atoms with Crippen molar-refractivity contribution >= 4 is 17.3 Å². The molecule has 0 saturated carbocycles. The van der Waals surface area contributed by atoms with Gasteiger partial charge in [0.2, 0.25) is 0 Å². The van der Waals surface area contributed by atoms with Crippen molar-refractivity contribution in [3.05, 3.63) is 53.6 Å². The van der Waals surface area contributed by atoms with Gasteiger partial charge in [0, 0.05) is 25.2 Å². The van der Waals surface area contributed by atoms with Gasteiger partial charge in [-0.25, -0.2) is 5.43 Å². The lowest BCUT2D eigenvalue weighted by atomic mass is 10.1. The van der Waals surface area contributed by atoms with Gasteiger partial charge in [0.1, 0.15) is 11.5 Å². The first kappa shape index (κ1) is 22.6. The molecule has 0 aliphatic carbocycles. The number of carbonyl (C=O) groups is 1. The van der Waals surface area contributed by atoms with Crippen LogP contribution in [-0.4, -0.2) is 63.6 Å². The van der Waals surface area contributed by atoms with E-state index in [-0.39, 0.29) is 12.5 Å². The van der Waals surface area contributed by atoms with Crippen LogP contribution >= 0.6 is 0 Å². The summed E-state index contributed by atoms with van der Waals surface area (Å²) >= 11 is 0. The molecule has 2 aromatic rings. The zero-order valence-corrected chi connectivity index (χ0v) is 18.3. The number of nitrogens with one attached hydrogen (secondary N) is 2. The average molecular weight is 427 g/mol. The third-order valence-electron chi connectivity index (χ3n) is 5.09. The Balaban J connectivity index is 1.61. The SMILES string of the molecule is COc1ccc(/C(C)=N\NC(=O)CNc2ccccc2OC)cc1CN1CCOCC1. The standard InChI is InChI=1S/C23H30N4O4/c1-17(25-26-23(28)15-24-20-6-4-5-7-22(20)30-3)18-8-9-21(29-2)19(14-18)16-27-10-12-31-13-11-27/h4-9,14,24H,10-13,15-16H2,1-3H3,(H,26,28)/b25-17-. The van der Waals surface area contributed by atoms with E-state index in [0.29, 0.717) is 5.75 Å². The summed E-state index contributed by atoms with van der Waals surface area (Å²) in [4.78, 5) is 14.6. The normalized spacial score (nSPS) is 14.7. The number of nitrogens with zero attached hydrogens (tertiary/aromatic N) is 2. The summed E-state index contributed by atoms with van der Waals surface area (Å²) in [5.74, 6) is 1.28. The molecule has 1 aliphatic heterocycles. The number of ether oxygens (including phenoxy) is 3. The summed E-state index contributed by atoms with van der Waals surface area (Å²) in [5, 5.41) is 7.32. The van der Waals surface area contributed by atoms with Gasteiger partial charge in [-0.05, 0) is 42.8 Å². The summed E-state index contributed by atoms with van der Waals surface area (Å²) in [6.45, 7) is 6.03. The van der Waals surface area contributed by atoms with E-state index in [0.717, 1.165) is 61.1 Å². The van der Waals surface area contributed by atoms with Gasteiger partial charge in [0.05, 0.1) is 45.4 Å². The van der Waals surface area contributed by atoms with Crippen LogP contribution < -0.4 is 20.2 Å². The highest BCUT2D eigenvalue weighted by atomic mass is 16.5. The fraction of sp³-hybridized carbons (Fsp3) is 0.391. The second-order valence-corrected chi connectivity index (χ2v) is 7.20. The number of hydrogen-bond acceptors (Lipinski definition) is 7. The van der Waals surface area contributed by atoms with Crippen LogP contribution in [0.4, 0.5) is 5.69 Å². The number of para-hydroxylation sites is 2. The molecule has 1 aliphatic rings. The van der Waals surface area contributed by atoms with Crippen molar-refractivity contribution in [3.63, 3.8) is 0 Å². The molecule has 0 spiro atoms. The van der Waals surface area contributed by atoms with Gasteiger partial charge in [-0.2, -0.15) is 5.10 Å². The van der Waals surface area contributed by atoms with E-state index in [1.807, 2.05) is 43.3 Å². The van der Waals surface area contributed by atoms with Crippen LogP contribution in [0.2, 0.25) is 0 Å². The maximum absolute atomic E-state index is 12.2. The van der Waals surface area contributed by atoms with Gasteiger partial charge in [0.25, 0.3) is 5.91 Å². The van der Waals surface area contributed by atoms with Crippen LogP contribution in [0.25, 0.3) is 0 Å². The first-order valence-corrected chi connectivity index (χ1v) is 10.3. The predicted molar refractivity (Wildman–Crippen MR) is 121 cm³/mol. The summed E-state index contributed by atoms with van der Waals surface area (Å²) in [7, 11) is 3.27.